The van der Waals surface area contributed by atoms with Gasteiger partial charge in [-0.1, -0.05) is 13.8 Å². The molecule has 7 amide bonds. The van der Waals surface area contributed by atoms with Crippen LogP contribution in [0.4, 0.5) is 5.82 Å². The van der Waals surface area contributed by atoms with Gasteiger partial charge in [0.1, 0.15) is 57.7 Å². The zero-order chi connectivity index (χ0) is 51.8. The van der Waals surface area contributed by atoms with Gasteiger partial charge in [0.15, 0.2) is 0 Å². The van der Waals surface area contributed by atoms with Gasteiger partial charge in [-0.3, -0.25) is 33.6 Å². The van der Waals surface area contributed by atoms with Gasteiger partial charge in [0.25, 0.3) is 11.8 Å². The highest BCUT2D eigenvalue weighted by Crippen LogP contribution is 2.26. The summed E-state index contributed by atoms with van der Waals surface area (Å²) in [6, 6.07) is -6.16. The van der Waals surface area contributed by atoms with Crippen LogP contribution in [0.3, 0.4) is 0 Å². The van der Waals surface area contributed by atoms with Crippen LogP contribution in [-0.2, 0) is 41.3 Å². The molecule has 4 aromatic rings. The Morgan fingerprint density at radius 1 is 0.886 bits per heavy atom. The maximum Gasteiger partial charge on any atom is 0.271 e. The highest BCUT2D eigenvalue weighted by atomic mass is 32.2. The summed E-state index contributed by atoms with van der Waals surface area (Å²) in [6.45, 7) is 6.49. The first-order valence-electron chi connectivity index (χ1n) is 22.1. The standard InChI is InChI=1S/C42H62N16O9S3/c1-7-23(38(64)49-11-9-29-53-27(17-68-29)42-55-26(16-69-42)39(65)48-10-8-12-70(5)6)54-37(63)20(3)32(60)21(4)52-41(67)31(33(61)25-15-47-18-51-25)57-40(66)30-19(2)34(45)58-36(56-30)24(13-28(44)59)50-14-22(43)35(46)62/h15-18,20-24,31-33,50,60-61H,7-14,43H2,1-6H3,(H11-,44,45,46,47,48,49,51,52,54,56,57,58,59,62,63,64,65,66,67)/p+1/t20-,21+,22-,23?,24-,31-,32-,33-/m0/s1. The SMILES string of the molecule is CCC(NC(=O)[C@@H](C)[C@H](O)[C@@H](C)NC(=O)[C@@H](NC(=O)c1nc([C@H](CC(N)=O)NC[C@H](N)C(N)=O)nc(N)c1C)[C@@H](O)c1cnc[nH]1)C(=O)NCCc1nc(-c2nc(C(=O)NCCC[S+](C)C)cs2)cs1. The number of imidazole rings is 1. The summed E-state index contributed by atoms with van der Waals surface area (Å²) in [5.74, 6) is -5.54. The van der Waals surface area contributed by atoms with E-state index in [1.165, 1.54) is 56.0 Å². The molecular weight excluding hydrogens is 969 g/mol. The van der Waals surface area contributed by atoms with Crippen molar-refractivity contribution in [2.45, 2.75) is 95.8 Å². The van der Waals surface area contributed by atoms with E-state index < -0.39 is 90.2 Å². The zero-order valence-electron chi connectivity index (χ0n) is 39.6. The third kappa shape index (κ3) is 16.2. The van der Waals surface area contributed by atoms with E-state index in [1.807, 2.05) is 5.38 Å². The summed E-state index contributed by atoms with van der Waals surface area (Å²) >= 11 is 2.69. The van der Waals surface area contributed by atoms with Crippen molar-refractivity contribution in [1.29, 1.82) is 0 Å². The van der Waals surface area contributed by atoms with Gasteiger partial charge in [-0.25, -0.2) is 24.9 Å². The Bertz CT molecular complexity index is 2430. The topological polar surface area (TPSA) is 416 Å². The molecule has 0 aliphatic heterocycles. The summed E-state index contributed by atoms with van der Waals surface area (Å²) in [5.41, 5.74) is 23.2. The van der Waals surface area contributed by atoms with Gasteiger partial charge in [-0.05, 0) is 31.2 Å². The van der Waals surface area contributed by atoms with Crippen molar-refractivity contribution >= 4 is 80.7 Å². The number of aliphatic hydroxyl groups excluding tert-OH is 2. The van der Waals surface area contributed by atoms with E-state index in [1.54, 1.807) is 12.3 Å². The van der Waals surface area contributed by atoms with Crippen LogP contribution < -0.4 is 54.8 Å². The van der Waals surface area contributed by atoms with Gasteiger partial charge >= 0.3 is 0 Å². The average molecular weight is 1030 g/mol. The van der Waals surface area contributed by atoms with Gasteiger partial charge in [0, 0.05) is 55.2 Å². The molecule has 0 saturated carbocycles. The Kier molecular flexibility index (Phi) is 21.5. The number of hydrogen-bond acceptors (Lipinski definition) is 19. The lowest BCUT2D eigenvalue weighted by Crippen LogP contribution is -2.56. The minimum absolute atomic E-state index is 0.0253. The number of anilines is 1. The van der Waals surface area contributed by atoms with E-state index in [4.69, 9.17) is 22.9 Å². The molecule has 1 unspecified atom stereocenters. The second kappa shape index (κ2) is 26.7. The predicted octanol–water partition coefficient (Wildman–Crippen LogP) is -2.43. The number of primary amides is 2. The Hall–Kier alpha value is -6.17. The van der Waals surface area contributed by atoms with Crippen LogP contribution in [0.15, 0.2) is 23.3 Å². The summed E-state index contributed by atoms with van der Waals surface area (Å²) in [6.07, 6.45) is 4.58. The molecule has 0 saturated heterocycles. The molecule has 0 fully saturated rings. The number of amides is 7. The summed E-state index contributed by atoms with van der Waals surface area (Å²) in [4.78, 5) is 115. The second-order valence-electron chi connectivity index (χ2n) is 16.5. The molecule has 8 atom stereocenters. The lowest BCUT2D eigenvalue weighted by atomic mass is 9.96. The summed E-state index contributed by atoms with van der Waals surface area (Å²) in [5, 5.41) is 43.6. The third-order valence-corrected chi connectivity index (χ3v) is 13.7. The molecule has 28 heteroatoms. The minimum Gasteiger partial charge on any atom is -0.390 e. The molecule has 4 aromatic heterocycles. The number of rotatable bonds is 28. The summed E-state index contributed by atoms with van der Waals surface area (Å²) in [7, 11) is 0.308. The smallest absolute Gasteiger partial charge is 0.271 e. The molecule has 17 N–H and O–H groups in total. The number of hydrogen-bond donors (Lipinski definition) is 13. The monoisotopic (exact) mass is 1030 g/mol. The molecule has 0 aliphatic rings. The van der Waals surface area contributed by atoms with E-state index in [9.17, 15) is 43.8 Å². The number of nitrogens with one attached hydrogen (secondary N) is 7. The molecule has 25 nitrogen and oxygen atoms in total. The number of thiazole rings is 2. The fraction of sp³-hybridized carbons (Fsp3) is 0.524. The number of aromatic nitrogens is 6. The van der Waals surface area contributed by atoms with Gasteiger partial charge in [0.05, 0.1) is 65.9 Å². The molecule has 70 heavy (non-hydrogen) atoms. The fourth-order valence-corrected chi connectivity index (χ4v) is 8.93. The van der Waals surface area contributed by atoms with Crippen molar-refractivity contribution < 1.29 is 43.8 Å². The van der Waals surface area contributed by atoms with E-state index >= 15 is 0 Å². The lowest BCUT2D eigenvalue weighted by Gasteiger charge is -2.29. The highest BCUT2D eigenvalue weighted by Gasteiger charge is 2.36. The van der Waals surface area contributed by atoms with Gasteiger partial charge < -0.3 is 70.0 Å². The number of aliphatic hydroxyl groups is 2. The number of nitrogens with two attached hydrogens (primary N) is 4. The summed E-state index contributed by atoms with van der Waals surface area (Å²) < 4.78 is 0. The van der Waals surface area contributed by atoms with Crippen LogP contribution in [0.1, 0.15) is 95.2 Å². The molecule has 0 aromatic carbocycles. The zero-order valence-corrected chi connectivity index (χ0v) is 42.1. The van der Waals surface area contributed by atoms with Crippen molar-refractivity contribution in [2.75, 3.05) is 43.6 Å². The van der Waals surface area contributed by atoms with E-state index in [-0.39, 0.29) is 54.0 Å². The van der Waals surface area contributed by atoms with Crippen molar-refractivity contribution in [3.8, 4) is 10.7 Å². The first-order chi connectivity index (χ1) is 33.1. The van der Waals surface area contributed by atoms with E-state index in [0.717, 1.165) is 17.2 Å². The maximum atomic E-state index is 13.9. The van der Waals surface area contributed by atoms with Crippen molar-refractivity contribution in [1.82, 2.24) is 61.8 Å². The van der Waals surface area contributed by atoms with Gasteiger partial charge in [-0.2, -0.15) is 0 Å². The largest absolute Gasteiger partial charge is 0.390 e. The number of H-pyrrole nitrogens is 1. The van der Waals surface area contributed by atoms with Crippen LogP contribution in [0.25, 0.3) is 10.7 Å². The fourth-order valence-electron chi connectivity index (χ4n) is 6.59. The van der Waals surface area contributed by atoms with Gasteiger partial charge in [-0.15, -0.1) is 22.7 Å². The van der Waals surface area contributed by atoms with Crippen molar-refractivity contribution in [2.24, 2.45) is 23.1 Å². The number of nitrogen functional groups attached to an aromatic ring is 1. The van der Waals surface area contributed by atoms with Crippen LogP contribution in [-0.4, -0.2) is 150 Å². The number of carbonyl (C=O) groups is 7. The normalized spacial score (nSPS) is 14.8. The molecule has 4 rings (SSSR count). The van der Waals surface area contributed by atoms with Crippen LogP contribution in [0.2, 0.25) is 0 Å². The minimum atomic E-state index is -1.77. The Balaban J connectivity index is 1.36. The van der Waals surface area contributed by atoms with Crippen LogP contribution in [0, 0.1) is 12.8 Å². The second-order valence-corrected chi connectivity index (χ2v) is 20.7. The molecule has 0 radical (unpaired) electrons. The number of nitrogens with zero attached hydrogens (tertiary/aromatic N) is 5. The first kappa shape index (κ1) is 56.4. The Morgan fingerprint density at radius 3 is 2.26 bits per heavy atom. The predicted molar refractivity (Wildman–Crippen MR) is 264 cm³/mol. The Labute approximate surface area is 414 Å². The molecular formula is C42H63N16O9S3+. The van der Waals surface area contributed by atoms with Crippen LogP contribution in [0.5, 0.6) is 0 Å². The Morgan fingerprint density at radius 2 is 1.61 bits per heavy atom. The molecule has 382 valence electrons. The van der Waals surface area contributed by atoms with Gasteiger partial charge in [0.2, 0.25) is 29.5 Å². The average Bonchev–Trinajstić information content (AvgIpc) is 4.13. The molecule has 0 spiro atoms. The molecule has 0 aliphatic carbocycles. The highest BCUT2D eigenvalue weighted by molar-refractivity contribution is 7.95. The van der Waals surface area contributed by atoms with Crippen LogP contribution >= 0.6 is 22.7 Å². The third-order valence-electron chi connectivity index (χ3n) is 10.8. The maximum absolute atomic E-state index is 13.9. The molecule has 0 bridgehead atoms. The van der Waals surface area contributed by atoms with E-state index in [2.05, 4.69) is 74.3 Å². The lowest BCUT2D eigenvalue weighted by molar-refractivity contribution is -0.134. The van der Waals surface area contributed by atoms with E-state index in [0.29, 0.717) is 40.3 Å². The first-order valence-corrected chi connectivity index (χ1v) is 26.1. The number of carbonyl (C=O) groups excluding carboxylic acids is 7. The van der Waals surface area contributed by atoms with Crippen molar-refractivity contribution in [3.63, 3.8) is 0 Å². The molecule has 4 heterocycles. The quantitative estimate of drug-likeness (QED) is 0.0208. The van der Waals surface area contributed by atoms with Crippen molar-refractivity contribution in [3.05, 3.63) is 56.8 Å². The number of aromatic amines is 1.